The molecule has 0 saturated carbocycles. The molecule has 0 bridgehead atoms. The third-order valence-electron chi connectivity index (χ3n) is 6.31. The molecule has 35 heavy (non-hydrogen) atoms. The molecule has 0 aliphatic carbocycles. The molecule has 1 aliphatic heterocycles. The molecule has 0 unspecified atom stereocenters. The Bertz CT molecular complexity index is 1360. The van der Waals surface area contributed by atoms with Crippen molar-refractivity contribution in [1.82, 2.24) is 4.98 Å². The number of rotatable bonds is 7. The summed E-state index contributed by atoms with van der Waals surface area (Å²) in [5.74, 6) is 1.30. The molecule has 9 heteroatoms. The minimum Gasteiger partial charge on any atom is -0.495 e. The maximum atomic E-state index is 12.9. The van der Waals surface area contributed by atoms with Gasteiger partial charge in [-0.15, -0.1) is 0 Å². The van der Waals surface area contributed by atoms with Crippen molar-refractivity contribution in [3.8, 4) is 5.75 Å². The first-order chi connectivity index (χ1) is 16.5. The Kier molecular flexibility index (Phi) is 6.99. The third-order valence-corrected chi connectivity index (χ3v) is 8.82. The molecule has 1 aromatic heterocycles. The first-order valence-electron chi connectivity index (χ1n) is 11.5. The molecule has 2 heterocycles. The second-order valence-electron chi connectivity index (χ2n) is 9.78. The average Bonchev–Trinajstić information content (AvgIpc) is 2.80. The fraction of sp³-hybridized carbons (Fsp3) is 0.346. The van der Waals surface area contributed by atoms with Gasteiger partial charge in [0.2, 0.25) is 0 Å². The molecule has 2 N–H and O–H groups in total. The zero-order valence-corrected chi connectivity index (χ0v) is 22.3. The SMILES string of the molecule is COc1cc2c(cc1Nc1cc(Nc3ccccc3S(=O)(=O)C(C)C)c(Cl)cn1)CC[N+](C)(C)C2. The number of nitrogens with one attached hydrogen (secondary N) is 2. The summed E-state index contributed by atoms with van der Waals surface area (Å²) in [6.45, 7) is 5.36. The summed E-state index contributed by atoms with van der Waals surface area (Å²) in [6.07, 6.45) is 2.53. The number of halogens is 1. The monoisotopic (exact) mass is 515 g/mol. The summed E-state index contributed by atoms with van der Waals surface area (Å²) >= 11 is 6.43. The van der Waals surface area contributed by atoms with E-state index in [9.17, 15) is 8.42 Å². The molecule has 0 amide bonds. The second-order valence-corrected chi connectivity index (χ2v) is 12.7. The quantitative estimate of drug-likeness (QED) is 0.402. The van der Waals surface area contributed by atoms with Gasteiger partial charge in [0, 0.05) is 18.1 Å². The Hall–Kier alpha value is -2.81. The van der Waals surface area contributed by atoms with E-state index in [0.717, 1.165) is 35.4 Å². The van der Waals surface area contributed by atoms with E-state index in [2.05, 4.69) is 41.8 Å². The molecule has 2 aromatic carbocycles. The number of likely N-dealkylation sites (N-methyl/N-ethyl adjacent to an activating group) is 1. The van der Waals surface area contributed by atoms with E-state index in [1.807, 2.05) is 0 Å². The van der Waals surface area contributed by atoms with Crippen molar-refractivity contribution in [2.45, 2.75) is 37.0 Å². The van der Waals surface area contributed by atoms with Gasteiger partial charge in [0.15, 0.2) is 9.84 Å². The highest BCUT2D eigenvalue weighted by atomic mass is 35.5. The minimum atomic E-state index is -3.48. The van der Waals surface area contributed by atoms with Crippen LogP contribution in [-0.4, -0.2) is 50.9 Å². The van der Waals surface area contributed by atoms with E-state index >= 15 is 0 Å². The Morgan fingerprint density at radius 1 is 1.03 bits per heavy atom. The lowest BCUT2D eigenvalue weighted by Gasteiger charge is -2.35. The predicted octanol–water partition coefficient (Wildman–Crippen LogP) is 5.55. The fourth-order valence-electron chi connectivity index (χ4n) is 4.23. The number of sulfone groups is 1. The standard InChI is InChI=1S/C26H32ClN4O3S/c1-17(2)35(32,33)25-9-7-6-8-21(25)29-22-14-26(28-15-20(22)27)30-23-12-18-10-11-31(3,4)16-19(18)13-24(23)34-5/h6-9,12-15,17H,10-11,16H2,1-5H3,(H2,28,29,30)/q+1. The Morgan fingerprint density at radius 3 is 2.49 bits per heavy atom. The van der Waals surface area contributed by atoms with Crippen LogP contribution < -0.4 is 15.4 Å². The summed E-state index contributed by atoms with van der Waals surface area (Å²) in [5, 5.41) is 6.38. The molecular weight excluding hydrogens is 484 g/mol. The van der Waals surface area contributed by atoms with Crippen molar-refractivity contribution in [3.05, 3.63) is 64.8 Å². The van der Waals surface area contributed by atoms with Crippen molar-refractivity contribution in [1.29, 1.82) is 0 Å². The summed E-state index contributed by atoms with van der Waals surface area (Å²) in [6, 6.07) is 12.8. The molecule has 0 spiro atoms. The molecule has 0 atom stereocenters. The van der Waals surface area contributed by atoms with Gasteiger partial charge in [-0.3, -0.25) is 0 Å². The number of nitrogens with zero attached hydrogens (tertiary/aromatic N) is 2. The van der Waals surface area contributed by atoms with Crippen LogP contribution in [0.2, 0.25) is 5.02 Å². The number of aromatic nitrogens is 1. The van der Waals surface area contributed by atoms with Crippen LogP contribution in [0.3, 0.4) is 0 Å². The number of methoxy groups -OCH3 is 1. The first kappa shape index (κ1) is 25.3. The van der Waals surface area contributed by atoms with E-state index in [1.54, 1.807) is 51.3 Å². The number of anilines is 4. The molecule has 7 nitrogen and oxygen atoms in total. The van der Waals surface area contributed by atoms with Gasteiger partial charge in [-0.2, -0.15) is 0 Å². The van der Waals surface area contributed by atoms with E-state index in [0.29, 0.717) is 22.2 Å². The minimum absolute atomic E-state index is 0.232. The van der Waals surface area contributed by atoms with E-state index in [1.165, 1.54) is 17.3 Å². The topological polar surface area (TPSA) is 80.3 Å². The molecule has 186 valence electrons. The van der Waals surface area contributed by atoms with Gasteiger partial charge in [0.05, 0.1) is 66.2 Å². The van der Waals surface area contributed by atoms with Crippen LogP contribution in [0, 0.1) is 0 Å². The zero-order valence-electron chi connectivity index (χ0n) is 20.7. The highest BCUT2D eigenvalue weighted by Gasteiger charge is 2.26. The highest BCUT2D eigenvalue weighted by Crippen LogP contribution is 2.36. The molecule has 4 rings (SSSR count). The van der Waals surface area contributed by atoms with Crippen molar-refractivity contribution in [2.75, 3.05) is 38.4 Å². The van der Waals surface area contributed by atoms with Crippen LogP contribution in [0.15, 0.2) is 53.6 Å². The maximum Gasteiger partial charge on any atom is 0.182 e. The molecule has 0 saturated heterocycles. The maximum absolute atomic E-state index is 12.9. The number of hydrogen-bond donors (Lipinski definition) is 2. The molecular formula is C26H32ClN4O3S+. The summed E-state index contributed by atoms with van der Waals surface area (Å²) in [4.78, 5) is 4.66. The fourth-order valence-corrected chi connectivity index (χ4v) is 5.59. The van der Waals surface area contributed by atoms with Gasteiger partial charge in [0.1, 0.15) is 18.1 Å². The van der Waals surface area contributed by atoms with Gasteiger partial charge in [-0.25, -0.2) is 13.4 Å². The van der Waals surface area contributed by atoms with Gasteiger partial charge >= 0.3 is 0 Å². The average molecular weight is 516 g/mol. The number of quaternary nitrogens is 1. The van der Waals surface area contributed by atoms with Crippen LogP contribution in [0.1, 0.15) is 25.0 Å². The summed E-state index contributed by atoms with van der Waals surface area (Å²) in [7, 11) is 2.65. The lowest BCUT2D eigenvalue weighted by atomic mass is 9.97. The Morgan fingerprint density at radius 2 is 1.77 bits per heavy atom. The third kappa shape index (κ3) is 5.39. The summed E-state index contributed by atoms with van der Waals surface area (Å²) in [5.41, 5.74) is 4.42. The number of benzene rings is 2. The molecule has 3 aromatic rings. The lowest BCUT2D eigenvalue weighted by molar-refractivity contribution is -0.905. The van der Waals surface area contributed by atoms with Crippen LogP contribution >= 0.6 is 11.6 Å². The van der Waals surface area contributed by atoms with Crippen molar-refractivity contribution in [3.63, 3.8) is 0 Å². The smallest absolute Gasteiger partial charge is 0.182 e. The number of pyridine rings is 1. The number of para-hydroxylation sites is 1. The van der Waals surface area contributed by atoms with Crippen molar-refractivity contribution >= 4 is 44.3 Å². The van der Waals surface area contributed by atoms with Gasteiger partial charge in [-0.05, 0) is 43.7 Å². The van der Waals surface area contributed by atoms with Crippen LogP contribution in [0.5, 0.6) is 5.75 Å². The zero-order chi connectivity index (χ0) is 25.4. The number of ether oxygens (including phenoxy) is 1. The normalized spacial score (nSPS) is 14.9. The molecule has 0 radical (unpaired) electrons. The number of fused-ring (bicyclic) bond motifs is 1. The van der Waals surface area contributed by atoms with Crippen LogP contribution in [0.25, 0.3) is 0 Å². The predicted molar refractivity (Wildman–Crippen MR) is 142 cm³/mol. The molecule has 0 fully saturated rings. The lowest BCUT2D eigenvalue weighted by Crippen LogP contribution is -2.43. The molecule has 1 aliphatic rings. The van der Waals surface area contributed by atoms with Gasteiger partial charge < -0.3 is 19.9 Å². The van der Waals surface area contributed by atoms with Gasteiger partial charge in [0.25, 0.3) is 0 Å². The first-order valence-corrected chi connectivity index (χ1v) is 13.5. The Balaban J connectivity index is 1.65. The number of hydrogen-bond acceptors (Lipinski definition) is 6. The second kappa shape index (κ2) is 9.68. The largest absolute Gasteiger partial charge is 0.495 e. The van der Waals surface area contributed by atoms with Crippen molar-refractivity contribution < 1.29 is 17.6 Å². The van der Waals surface area contributed by atoms with E-state index < -0.39 is 15.1 Å². The van der Waals surface area contributed by atoms with E-state index in [4.69, 9.17) is 16.3 Å². The highest BCUT2D eigenvalue weighted by molar-refractivity contribution is 7.92. The van der Waals surface area contributed by atoms with Crippen LogP contribution in [0.4, 0.5) is 22.9 Å². The Labute approximate surface area is 212 Å². The summed E-state index contributed by atoms with van der Waals surface area (Å²) < 4.78 is 32.3. The van der Waals surface area contributed by atoms with E-state index in [-0.39, 0.29) is 4.90 Å². The van der Waals surface area contributed by atoms with Gasteiger partial charge in [-0.1, -0.05) is 23.7 Å². The van der Waals surface area contributed by atoms with Crippen LogP contribution in [-0.2, 0) is 22.8 Å². The van der Waals surface area contributed by atoms with Crippen molar-refractivity contribution in [2.24, 2.45) is 0 Å².